The maximum absolute atomic E-state index is 5.93. The van der Waals surface area contributed by atoms with Gasteiger partial charge in [-0.3, -0.25) is 4.98 Å². The lowest BCUT2D eigenvalue weighted by atomic mass is 10.1. The number of aromatic nitrogens is 1. The Morgan fingerprint density at radius 2 is 2.00 bits per heavy atom. The molecule has 1 aromatic rings. The van der Waals surface area contributed by atoms with Crippen molar-refractivity contribution in [2.75, 3.05) is 11.9 Å². The molecule has 1 rings (SSSR count). The third kappa shape index (κ3) is 2.95. The van der Waals surface area contributed by atoms with Crippen molar-refractivity contribution < 1.29 is 0 Å². The highest BCUT2D eigenvalue weighted by atomic mass is 15.1. The number of hydrogen-bond acceptors (Lipinski definition) is 3. The summed E-state index contributed by atoms with van der Waals surface area (Å²) in [5.74, 6) is 0. The Kier molecular flexibility index (Phi) is 4.74. The fourth-order valence-corrected chi connectivity index (χ4v) is 1.56. The monoisotopic (exact) mass is 221 g/mol. The maximum atomic E-state index is 5.93. The van der Waals surface area contributed by atoms with Crippen molar-refractivity contribution in [3.8, 4) is 0 Å². The highest BCUT2D eigenvalue weighted by Crippen LogP contribution is 2.18. The van der Waals surface area contributed by atoms with Gasteiger partial charge < -0.3 is 10.6 Å². The Labute approximate surface area is 98.7 Å². The highest BCUT2D eigenvalue weighted by Gasteiger charge is 2.09. The minimum atomic E-state index is 0.0583. The van der Waals surface area contributed by atoms with E-state index >= 15 is 0 Å². The standard InChI is InChI=1S/C13H23N3/c1-5-10(3)16(4)11-7-8-13(15-9-11)12(14)6-2/h7-10,12H,5-6,14H2,1-4H3/t10?,12-/m0/s1. The molecule has 2 atom stereocenters. The second-order valence-electron chi connectivity index (χ2n) is 4.32. The summed E-state index contributed by atoms with van der Waals surface area (Å²) in [6.07, 6.45) is 3.97. The first-order valence-corrected chi connectivity index (χ1v) is 6.04. The highest BCUT2D eigenvalue weighted by molar-refractivity contribution is 5.44. The normalized spacial score (nSPS) is 14.6. The summed E-state index contributed by atoms with van der Waals surface area (Å²) in [5, 5.41) is 0. The van der Waals surface area contributed by atoms with Crippen molar-refractivity contribution in [1.29, 1.82) is 0 Å². The van der Waals surface area contributed by atoms with Crippen LogP contribution in [0.15, 0.2) is 18.3 Å². The Bertz CT molecular complexity index is 307. The molecular weight excluding hydrogens is 198 g/mol. The van der Waals surface area contributed by atoms with Gasteiger partial charge in [-0.25, -0.2) is 0 Å². The molecule has 0 spiro atoms. The van der Waals surface area contributed by atoms with Crippen molar-refractivity contribution in [3.63, 3.8) is 0 Å². The van der Waals surface area contributed by atoms with Crippen molar-refractivity contribution in [1.82, 2.24) is 4.98 Å². The molecule has 0 amide bonds. The lowest BCUT2D eigenvalue weighted by Gasteiger charge is -2.26. The molecule has 90 valence electrons. The second kappa shape index (κ2) is 5.85. The molecule has 0 aliphatic rings. The largest absolute Gasteiger partial charge is 0.371 e. The molecule has 3 nitrogen and oxygen atoms in total. The topological polar surface area (TPSA) is 42.1 Å². The fraction of sp³-hybridized carbons (Fsp3) is 0.615. The summed E-state index contributed by atoms with van der Waals surface area (Å²) < 4.78 is 0. The number of hydrogen-bond donors (Lipinski definition) is 1. The molecule has 0 fully saturated rings. The average Bonchev–Trinajstić information content (AvgIpc) is 2.36. The van der Waals surface area contributed by atoms with Crippen LogP contribution in [0.4, 0.5) is 5.69 Å². The summed E-state index contributed by atoms with van der Waals surface area (Å²) in [6.45, 7) is 6.48. The molecule has 1 unspecified atom stereocenters. The lowest BCUT2D eigenvalue weighted by Crippen LogP contribution is -2.28. The van der Waals surface area contributed by atoms with Crippen molar-refractivity contribution in [2.45, 2.75) is 45.7 Å². The Morgan fingerprint density at radius 1 is 1.31 bits per heavy atom. The van der Waals surface area contributed by atoms with Gasteiger partial charge >= 0.3 is 0 Å². The van der Waals surface area contributed by atoms with E-state index in [2.05, 4.69) is 43.8 Å². The summed E-state index contributed by atoms with van der Waals surface area (Å²) in [6, 6.07) is 4.72. The maximum Gasteiger partial charge on any atom is 0.0572 e. The molecule has 0 bridgehead atoms. The molecule has 0 aliphatic carbocycles. The first-order valence-electron chi connectivity index (χ1n) is 6.04. The van der Waals surface area contributed by atoms with Crippen LogP contribution in [0.3, 0.4) is 0 Å². The molecule has 3 heteroatoms. The predicted molar refractivity (Wildman–Crippen MR) is 69.6 cm³/mol. The Balaban J connectivity index is 2.78. The van der Waals surface area contributed by atoms with Crippen molar-refractivity contribution in [2.24, 2.45) is 5.73 Å². The van der Waals surface area contributed by atoms with Crippen LogP contribution in [0, 0.1) is 0 Å². The summed E-state index contributed by atoms with van der Waals surface area (Å²) in [7, 11) is 2.10. The second-order valence-corrected chi connectivity index (χ2v) is 4.32. The molecule has 0 saturated carbocycles. The molecule has 1 aromatic heterocycles. The Morgan fingerprint density at radius 3 is 2.44 bits per heavy atom. The van der Waals surface area contributed by atoms with Gasteiger partial charge in [0.05, 0.1) is 17.6 Å². The van der Waals surface area contributed by atoms with E-state index in [1.54, 1.807) is 0 Å². The molecule has 0 saturated heterocycles. The number of nitrogens with two attached hydrogens (primary N) is 1. The van der Waals surface area contributed by atoms with Crippen LogP contribution in [-0.4, -0.2) is 18.1 Å². The molecule has 16 heavy (non-hydrogen) atoms. The van der Waals surface area contributed by atoms with Crippen LogP contribution >= 0.6 is 0 Å². The van der Waals surface area contributed by atoms with E-state index in [1.807, 2.05) is 12.3 Å². The van der Waals surface area contributed by atoms with Gasteiger partial charge in [-0.2, -0.15) is 0 Å². The van der Waals surface area contributed by atoms with Crippen molar-refractivity contribution in [3.05, 3.63) is 24.0 Å². The van der Waals surface area contributed by atoms with Gasteiger partial charge in [0.2, 0.25) is 0 Å². The minimum Gasteiger partial charge on any atom is -0.371 e. The van der Waals surface area contributed by atoms with Gasteiger partial charge in [-0.05, 0) is 31.9 Å². The molecular formula is C13H23N3. The van der Waals surface area contributed by atoms with E-state index in [1.165, 1.54) is 0 Å². The summed E-state index contributed by atoms with van der Waals surface area (Å²) >= 11 is 0. The van der Waals surface area contributed by atoms with E-state index in [4.69, 9.17) is 5.73 Å². The number of nitrogens with zero attached hydrogens (tertiary/aromatic N) is 2. The fourth-order valence-electron chi connectivity index (χ4n) is 1.56. The first kappa shape index (κ1) is 13.0. The van der Waals surface area contributed by atoms with Crippen molar-refractivity contribution >= 4 is 5.69 Å². The van der Waals surface area contributed by atoms with E-state index in [9.17, 15) is 0 Å². The summed E-state index contributed by atoms with van der Waals surface area (Å²) in [4.78, 5) is 6.66. The van der Waals surface area contributed by atoms with Crippen LogP contribution in [0.2, 0.25) is 0 Å². The summed E-state index contributed by atoms with van der Waals surface area (Å²) in [5.41, 5.74) is 8.06. The SMILES string of the molecule is CCC(C)N(C)c1ccc([C@@H](N)CC)nc1. The van der Waals surface area contributed by atoms with E-state index < -0.39 is 0 Å². The zero-order valence-electron chi connectivity index (χ0n) is 10.8. The minimum absolute atomic E-state index is 0.0583. The molecule has 2 N–H and O–H groups in total. The molecule has 1 heterocycles. The molecule has 0 aliphatic heterocycles. The van der Waals surface area contributed by atoms with Crippen LogP contribution in [0.25, 0.3) is 0 Å². The van der Waals surface area contributed by atoms with Gasteiger partial charge in [-0.15, -0.1) is 0 Å². The van der Waals surface area contributed by atoms with E-state index in [-0.39, 0.29) is 6.04 Å². The first-order chi connectivity index (χ1) is 7.60. The van der Waals surface area contributed by atoms with Gasteiger partial charge in [-0.1, -0.05) is 13.8 Å². The van der Waals surface area contributed by atoms with Gasteiger partial charge in [0.1, 0.15) is 0 Å². The number of pyridine rings is 1. The zero-order chi connectivity index (χ0) is 12.1. The van der Waals surface area contributed by atoms with Crippen LogP contribution < -0.4 is 10.6 Å². The zero-order valence-corrected chi connectivity index (χ0v) is 10.8. The lowest BCUT2D eigenvalue weighted by molar-refractivity contribution is 0.656. The van der Waals surface area contributed by atoms with Crippen LogP contribution in [0.1, 0.15) is 45.3 Å². The third-order valence-corrected chi connectivity index (χ3v) is 3.25. The predicted octanol–water partition coefficient (Wildman–Crippen LogP) is 2.73. The smallest absolute Gasteiger partial charge is 0.0572 e. The molecule has 0 radical (unpaired) electrons. The van der Waals surface area contributed by atoms with Gasteiger partial charge in [0.25, 0.3) is 0 Å². The quantitative estimate of drug-likeness (QED) is 0.831. The van der Waals surface area contributed by atoms with E-state index in [0.29, 0.717) is 6.04 Å². The van der Waals surface area contributed by atoms with Gasteiger partial charge in [0.15, 0.2) is 0 Å². The number of rotatable bonds is 5. The van der Waals surface area contributed by atoms with E-state index in [0.717, 1.165) is 24.2 Å². The third-order valence-electron chi connectivity index (χ3n) is 3.25. The Hall–Kier alpha value is -1.09. The van der Waals surface area contributed by atoms with Crippen LogP contribution in [-0.2, 0) is 0 Å². The van der Waals surface area contributed by atoms with Gasteiger partial charge in [0, 0.05) is 19.1 Å². The van der Waals surface area contributed by atoms with Crippen LogP contribution in [0.5, 0.6) is 0 Å². The number of anilines is 1. The average molecular weight is 221 g/mol. The molecule has 0 aromatic carbocycles.